The van der Waals surface area contributed by atoms with Gasteiger partial charge in [-0.05, 0) is 54.6 Å². The molecule has 0 fully saturated rings. The third-order valence-electron chi connectivity index (χ3n) is 6.04. The van der Waals surface area contributed by atoms with Gasteiger partial charge in [0.05, 0.1) is 33.1 Å². The SMILES string of the molecule is O=C(Nc1ccc(C(=O)N2CCc3cccn3-c3ccccc32)c(Cl)c1)c1ccccc1C(F)(F)F. The molecule has 1 aliphatic rings. The Morgan fingerprint density at radius 3 is 2.33 bits per heavy atom. The molecule has 1 aromatic heterocycles. The number of hydrogen-bond donors (Lipinski definition) is 1. The zero-order chi connectivity index (χ0) is 25.4. The Labute approximate surface area is 209 Å². The van der Waals surface area contributed by atoms with Crippen LogP contribution in [0.1, 0.15) is 32.0 Å². The van der Waals surface area contributed by atoms with Crippen molar-refractivity contribution in [1.82, 2.24) is 4.57 Å². The first-order valence-corrected chi connectivity index (χ1v) is 11.5. The molecule has 2 heterocycles. The summed E-state index contributed by atoms with van der Waals surface area (Å²) in [6.07, 6.45) is -2.09. The average Bonchev–Trinajstić information content (AvgIpc) is 3.26. The van der Waals surface area contributed by atoms with Crippen molar-refractivity contribution in [2.75, 3.05) is 16.8 Å². The van der Waals surface area contributed by atoms with E-state index in [1.807, 2.05) is 47.2 Å². The van der Waals surface area contributed by atoms with Crippen LogP contribution in [0.4, 0.5) is 24.5 Å². The zero-order valence-corrected chi connectivity index (χ0v) is 19.5. The number of anilines is 2. The number of carbonyl (C=O) groups is 2. The Balaban J connectivity index is 1.41. The van der Waals surface area contributed by atoms with E-state index < -0.39 is 23.2 Å². The van der Waals surface area contributed by atoms with Crippen LogP contribution in [0.2, 0.25) is 5.02 Å². The van der Waals surface area contributed by atoms with E-state index in [0.717, 1.165) is 29.2 Å². The number of aromatic nitrogens is 1. The van der Waals surface area contributed by atoms with Crippen molar-refractivity contribution in [3.63, 3.8) is 0 Å². The van der Waals surface area contributed by atoms with Crippen LogP contribution in [-0.2, 0) is 12.6 Å². The number of para-hydroxylation sites is 2. The molecule has 5 nitrogen and oxygen atoms in total. The van der Waals surface area contributed by atoms with Gasteiger partial charge >= 0.3 is 6.18 Å². The molecule has 0 unspecified atom stereocenters. The number of fused-ring (bicyclic) bond motifs is 3. The smallest absolute Gasteiger partial charge is 0.322 e. The van der Waals surface area contributed by atoms with Crippen molar-refractivity contribution in [2.45, 2.75) is 12.6 Å². The van der Waals surface area contributed by atoms with E-state index in [1.165, 1.54) is 30.3 Å². The number of amides is 2. The molecule has 0 aliphatic carbocycles. The number of rotatable bonds is 3. The largest absolute Gasteiger partial charge is 0.417 e. The summed E-state index contributed by atoms with van der Waals surface area (Å²) in [6.45, 7) is 0.433. The minimum absolute atomic E-state index is 0.0725. The van der Waals surface area contributed by atoms with E-state index in [0.29, 0.717) is 13.0 Å². The highest BCUT2D eigenvalue weighted by Crippen LogP contribution is 2.34. The molecule has 0 radical (unpaired) electrons. The fourth-order valence-electron chi connectivity index (χ4n) is 4.35. The molecule has 1 aliphatic heterocycles. The van der Waals surface area contributed by atoms with E-state index >= 15 is 0 Å². The van der Waals surface area contributed by atoms with E-state index in [2.05, 4.69) is 5.32 Å². The monoisotopic (exact) mass is 509 g/mol. The highest BCUT2D eigenvalue weighted by atomic mass is 35.5. The van der Waals surface area contributed by atoms with Gasteiger partial charge in [-0.3, -0.25) is 9.59 Å². The predicted molar refractivity (Wildman–Crippen MR) is 132 cm³/mol. The number of nitrogens with zero attached hydrogens (tertiary/aromatic N) is 2. The van der Waals surface area contributed by atoms with E-state index in [9.17, 15) is 22.8 Å². The molecule has 2 amide bonds. The predicted octanol–water partition coefficient (Wildman–Crippen LogP) is 6.60. The van der Waals surface area contributed by atoms with Gasteiger partial charge in [0.1, 0.15) is 0 Å². The van der Waals surface area contributed by atoms with Crippen LogP contribution in [-0.4, -0.2) is 22.9 Å². The van der Waals surface area contributed by atoms with Gasteiger partial charge in [0.15, 0.2) is 0 Å². The number of halogens is 4. The molecule has 4 aromatic rings. The van der Waals surface area contributed by atoms with Crippen molar-refractivity contribution in [2.24, 2.45) is 0 Å². The Morgan fingerprint density at radius 2 is 1.58 bits per heavy atom. The molecule has 0 saturated heterocycles. The summed E-state index contributed by atoms with van der Waals surface area (Å²) in [5, 5.41) is 2.51. The second-order valence-electron chi connectivity index (χ2n) is 8.26. The summed E-state index contributed by atoms with van der Waals surface area (Å²) >= 11 is 6.43. The summed E-state index contributed by atoms with van der Waals surface area (Å²) < 4.78 is 41.9. The number of benzene rings is 3. The molecule has 0 bridgehead atoms. The Morgan fingerprint density at radius 1 is 0.861 bits per heavy atom. The summed E-state index contributed by atoms with van der Waals surface area (Å²) in [4.78, 5) is 27.8. The average molecular weight is 510 g/mol. The lowest BCUT2D eigenvalue weighted by molar-refractivity contribution is -0.137. The van der Waals surface area contributed by atoms with Crippen LogP contribution in [0.5, 0.6) is 0 Å². The van der Waals surface area contributed by atoms with Gasteiger partial charge in [0.25, 0.3) is 11.8 Å². The van der Waals surface area contributed by atoms with Gasteiger partial charge in [-0.2, -0.15) is 13.2 Å². The first-order valence-electron chi connectivity index (χ1n) is 11.1. The standard InChI is InChI=1S/C27H19ClF3N3O2/c28-22-16-17(32-25(35)19-7-1-2-8-21(19)27(29,30)31)11-12-20(22)26(36)34-15-13-18-6-5-14-33(18)23-9-3-4-10-24(23)34/h1-12,14,16H,13,15H2,(H,32,35). The summed E-state index contributed by atoms with van der Waals surface area (Å²) in [6, 6.07) is 20.3. The Hall–Kier alpha value is -4.04. The lowest BCUT2D eigenvalue weighted by atomic mass is 10.1. The van der Waals surface area contributed by atoms with Crippen LogP contribution < -0.4 is 10.2 Å². The summed E-state index contributed by atoms with van der Waals surface area (Å²) in [7, 11) is 0. The molecule has 9 heteroatoms. The van der Waals surface area contributed by atoms with Crippen LogP contribution in [0.3, 0.4) is 0 Å². The molecule has 182 valence electrons. The van der Waals surface area contributed by atoms with E-state index in [-0.39, 0.29) is 22.2 Å². The molecule has 0 atom stereocenters. The fraction of sp³-hybridized carbons (Fsp3) is 0.111. The minimum atomic E-state index is -4.67. The molecule has 0 saturated carbocycles. The van der Waals surface area contributed by atoms with Gasteiger partial charge in [-0.15, -0.1) is 0 Å². The fourth-order valence-corrected chi connectivity index (χ4v) is 4.61. The van der Waals surface area contributed by atoms with Crippen molar-refractivity contribution in [3.8, 4) is 5.69 Å². The van der Waals surface area contributed by atoms with Gasteiger partial charge in [0, 0.05) is 30.5 Å². The van der Waals surface area contributed by atoms with Gasteiger partial charge < -0.3 is 14.8 Å². The van der Waals surface area contributed by atoms with Gasteiger partial charge in [-0.25, -0.2) is 0 Å². The molecule has 3 aromatic carbocycles. The number of nitrogens with one attached hydrogen (secondary N) is 1. The summed E-state index contributed by atoms with van der Waals surface area (Å²) in [5.74, 6) is -1.25. The van der Waals surface area contributed by atoms with Crippen molar-refractivity contribution >= 4 is 34.8 Å². The van der Waals surface area contributed by atoms with E-state index in [4.69, 9.17) is 11.6 Å². The lowest BCUT2D eigenvalue weighted by Crippen LogP contribution is -2.32. The maximum Gasteiger partial charge on any atom is 0.417 e. The molecule has 5 rings (SSSR count). The van der Waals surface area contributed by atoms with Crippen LogP contribution >= 0.6 is 11.6 Å². The van der Waals surface area contributed by atoms with Crippen molar-refractivity contribution in [3.05, 3.63) is 112 Å². The number of carbonyl (C=O) groups excluding carboxylic acids is 2. The van der Waals surface area contributed by atoms with Crippen molar-refractivity contribution < 1.29 is 22.8 Å². The van der Waals surface area contributed by atoms with Gasteiger partial charge in [-0.1, -0.05) is 35.9 Å². The minimum Gasteiger partial charge on any atom is -0.322 e. The molecular formula is C27H19ClF3N3O2. The molecule has 1 N–H and O–H groups in total. The topological polar surface area (TPSA) is 54.3 Å². The van der Waals surface area contributed by atoms with Crippen molar-refractivity contribution in [1.29, 1.82) is 0 Å². The zero-order valence-electron chi connectivity index (χ0n) is 18.7. The third-order valence-corrected chi connectivity index (χ3v) is 6.35. The van der Waals surface area contributed by atoms with E-state index in [1.54, 1.807) is 4.90 Å². The highest BCUT2D eigenvalue weighted by Gasteiger charge is 2.35. The second-order valence-corrected chi connectivity index (χ2v) is 8.66. The second kappa shape index (κ2) is 9.20. The highest BCUT2D eigenvalue weighted by molar-refractivity contribution is 6.35. The van der Waals surface area contributed by atoms with Crippen LogP contribution in [0, 0.1) is 0 Å². The molecular weight excluding hydrogens is 491 g/mol. The van der Waals surface area contributed by atoms with Crippen LogP contribution in [0.15, 0.2) is 85.1 Å². The summed E-state index contributed by atoms with van der Waals surface area (Å²) in [5.41, 5.74) is 1.51. The molecule has 0 spiro atoms. The normalized spacial score (nSPS) is 12.9. The third kappa shape index (κ3) is 4.35. The maximum atomic E-state index is 13.5. The Kier molecular flexibility index (Phi) is 6.05. The lowest BCUT2D eigenvalue weighted by Gasteiger charge is -2.23. The van der Waals surface area contributed by atoms with Crippen LogP contribution in [0.25, 0.3) is 5.69 Å². The van der Waals surface area contributed by atoms with Gasteiger partial charge in [0.2, 0.25) is 0 Å². The first-order chi connectivity index (χ1) is 17.2. The number of alkyl halides is 3. The maximum absolute atomic E-state index is 13.5. The molecule has 36 heavy (non-hydrogen) atoms. The first kappa shape index (κ1) is 23.7. The Bertz CT molecular complexity index is 1480. The number of hydrogen-bond acceptors (Lipinski definition) is 2. The quantitative estimate of drug-likeness (QED) is 0.338.